The van der Waals surface area contributed by atoms with Gasteiger partial charge in [0.1, 0.15) is 0 Å². The summed E-state index contributed by atoms with van der Waals surface area (Å²) in [5.74, 6) is 1.38. The smallest absolute Gasteiger partial charge is 0.203 e. The van der Waals surface area contributed by atoms with Crippen LogP contribution in [0.25, 0.3) is 11.3 Å². The molecule has 0 unspecified atom stereocenters. The normalized spacial score (nSPS) is 10.8. The molecule has 1 N–H and O–H groups in total. The molecule has 0 saturated heterocycles. The van der Waals surface area contributed by atoms with Crippen molar-refractivity contribution < 1.29 is 9.47 Å². The lowest BCUT2D eigenvalue weighted by Gasteiger charge is -2.08. The molecular weight excluding hydrogens is 334 g/mol. The number of hydrogen-bond donors (Lipinski definition) is 1. The van der Waals surface area contributed by atoms with Gasteiger partial charge < -0.3 is 9.47 Å². The summed E-state index contributed by atoms with van der Waals surface area (Å²) in [5, 5.41) is 6.96. The standard InChI is InChI=1S/C19H19N3O2S/c1-13-5-4-6-14(9-13)11-20-22-19-21-16(12-25-19)15-7-8-17(23-2)18(10-15)24-3/h4-12H,1-3H3,(H,21,22)/b20-11-. The van der Waals surface area contributed by atoms with Crippen LogP contribution in [0.5, 0.6) is 11.5 Å². The molecule has 0 aliphatic carbocycles. The Morgan fingerprint density at radius 3 is 2.68 bits per heavy atom. The second-order valence-electron chi connectivity index (χ2n) is 5.39. The molecule has 0 fully saturated rings. The largest absolute Gasteiger partial charge is 0.493 e. The average Bonchev–Trinajstić information content (AvgIpc) is 3.10. The summed E-state index contributed by atoms with van der Waals surface area (Å²) in [6.45, 7) is 2.06. The number of benzene rings is 2. The fraction of sp³-hybridized carbons (Fsp3) is 0.158. The third-order valence-corrected chi connectivity index (χ3v) is 4.35. The molecule has 0 amide bonds. The molecule has 5 nitrogen and oxygen atoms in total. The number of ether oxygens (including phenoxy) is 2. The molecule has 1 aromatic heterocycles. The highest BCUT2D eigenvalue weighted by Crippen LogP contribution is 2.33. The number of nitrogens with one attached hydrogen (secondary N) is 1. The van der Waals surface area contributed by atoms with Crippen molar-refractivity contribution in [1.29, 1.82) is 0 Å². The van der Waals surface area contributed by atoms with Gasteiger partial charge in [-0.2, -0.15) is 5.10 Å². The topological polar surface area (TPSA) is 55.7 Å². The lowest BCUT2D eigenvalue weighted by atomic mass is 10.1. The first-order valence-corrected chi connectivity index (χ1v) is 8.61. The average molecular weight is 353 g/mol. The van der Waals surface area contributed by atoms with E-state index in [0.717, 1.165) is 22.0 Å². The Balaban J connectivity index is 1.72. The van der Waals surface area contributed by atoms with Gasteiger partial charge in [0.2, 0.25) is 5.13 Å². The summed E-state index contributed by atoms with van der Waals surface area (Å²) in [6.07, 6.45) is 1.78. The molecule has 0 spiro atoms. The number of aromatic nitrogens is 1. The molecule has 0 saturated carbocycles. The predicted octanol–water partition coefficient (Wildman–Crippen LogP) is 4.58. The number of thiazole rings is 1. The molecular formula is C19H19N3O2S. The predicted molar refractivity (Wildman–Crippen MR) is 103 cm³/mol. The molecule has 3 rings (SSSR count). The number of nitrogens with zero attached hydrogens (tertiary/aromatic N) is 2. The number of hydrazone groups is 1. The minimum atomic E-state index is 0.681. The van der Waals surface area contributed by atoms with Crippen molar-refractivity contribution in [1.82, 2.24) is 4.98 Å². The summed E-state index contributed by atoms with van der Waals surface area (Å²) in [5.41, 5.74) is 7.05. The van der Waals surface area contributed by atoms with E-state index in [1.54, 1.807) is 20.4 Å². The van der Waals surface area contributed by atoms with E-state index < -0.39 is 0 Å². The number of methoxy groups -OCH3 is 2. The van der Waals surface area contributed by atoms with Crippen LogP contribution in [-0.2, 0) is 0 Å². The van der Waals surface area contributed by atoms with E-state index in [2.05, 4.69) is 34.6 Å². The number of anilines is 1. The van der Waals surface area contributed by atoms with Gasteiger partial charge in [0.05, 0.1) is 26.1 Å². The van der Waals surface area contributed by atoms with E-state index in [-0.39, 0.29) is 0 Å². The second kappa shape index (κ2) is 7.81. The Labute approximate surface area is 151 Å². The zero-order chi connectivity index (χ0) is 17.6. The summed E-state index contributed by atoms with van der Waals surface area (Å²) >= 11 is 1.50. The minimum Gasteiger partial charge on any atom is -0.493 e. The molecule has 25 heavy (non-hydrogen) atoms. The zero-order valence-corrected chi connectivity index (χ0v) is 15.1. The lowest BCUT2D eigenvalue weighted by molar-refractivity contribution is 0.355. The van der Waals surface area contributed by atoms with Crippen molar-refractivity contribution in [2.24, 2.45) is 5.10 Å². The van der Waals surface area contributed by atoms with E-state index in [1.807, 2.05) is 35.7 Å². The third-order valence-electron chi connectivity index (χ3n) is 3.60. The Morgan fingerprint density at radius 1 is 1.08 bits per heavy atom. The summed E-state index contributed by atoms with van der Waals surface area (Å²) in [7, 11) is 3.24. The monoisotopic (exact) mass is 353 g/mol. The van der Waals surface area contributed by atoms with Gasteiger partial charge in [0.25, 0.3) is 0 Å². The first kappa shape index (κ1) is 17.0. The van der Waals surface area contributed by atoms with Crippen LogP contribution in [0.3, 0.4) is 0 Å². The lowest BCUT2D eigenvalue weighted by Crippen LogP contribution is -1.92. The second-order valence-corrected chi connectivity index (χ2v) is 6.25. The number of rotatable bonds is 6. The van der Waals surface area contributed by atoms with Crippen LogP contribution in [0.4, 0.5) is 5.13 Å². The van der Waals surface area contributed by atoms with Gasteiger partial charge in [-0.1, -0.05) is 29.8 Å². The highest BCUT2D eigenvalue weighted by molar-refractivity contribution is 7.14. The van der Waals surface area contributed by atoms with Crippen LogP contribution < -0.4 is 14.9 Å². The van der Waals surface area contributed by atoms with Crippen molar-refractivity contribution in [3.8, 4) is 22.8 Å². The van der Waals surface area contributed by atoms with Crippen LogP contribution in [-0.4, -0.2) is 25.4 Å². The molecule has 0 aliphatic rings. The molecule has 3 aromatic rings. The van der Waals surface area contributed by atoms with Crippen molar-refractivity contribution in [2.45, 2.75) is 6.92 Å². The Morgan fingerprint density at radius 2 is 1.92 bits per heavy atom. The fourth-order valence-corrected chi connectivity index (χ4v) is 3.03. The van der Waals surface area contributed by atoms with Gasteiger partial charge in [-0.25, -0.2) is 4.98 Å². The molecule has 0 radical (unpaired) electrons. The van der Waals surface area contributed by atoms with E-state index in [1.165, 1.54) is 16.9 Å². The highest BCUT2D eigenvalue weighted by atomic mass is 32.1. The van der Waals surface area contributed by atoms with Gasteiger partial charge >= 0.3 is 0 Å². The molecule has 0 atom stereocenters. The van der Waals surface area contributed by atoms with Crippen LogP contribution in [0.15, 0.2) is 52.9 Å². The molecule has 1 heterocycles. The van der Waals surface area contributed by atoms with Crippen LogP contribution >= 0.6 is 11.3 Å². The van der Waals surface area contributed by atoms with Crippen LogP contribution in [0.2, 0.25) is 0 Å². The van der Waals surface area contributed by atoms with E-state index in [9.17, 15) is 0 Å². The maximum absolute atomic E-state index is 5.34. The minimum absolute atomic E-state index is 0.681. The Bertz CT molecular complexity index is 890. The molecule has 0 aliphatic heterocycles. The van der Waals surface area contributed by atoms with Gasteiger partial charge in [-0.15, -0.1) is 11.3 Å². The van der Waals surface area contributed by atoms with Gasteiger partial charge in [-0.3, -0.25) is 5.43 Å². The summed E-state index contributed by atoms with van der Waals surface area (Å²) < 4.78 is 10.6. The molecule has 0 bridgehead atoms. The van der Waals surface area contributed by atoms with Crippen molar-refractivity contribution in [3.63, 3.8) is 0 Å². The first-order chi connectivity index (χ1) is 12.2. The first-order valence-electron chi connectivity index (χ1n) is 7.73. The molecule has 128 valence electrons. The Hall–Kier alpha value is -2.86. The third kappa shape index (κ3) is 4.16. The number of hydrogen-bond acceptors (Lipinski definition) is 6. The van der Waals surface area contributed by atoms with Gasteiger partial charge in [-0.05, 0) is 30.7 Å². The maximum atomic E-state index is 5.34. The van der Waals surface area contributed by atoms with E-state index in [4.69, 9.17) is 9.47 Å². The number of aryl methyl sites for hydroxylation is 1. The molecule has 6 heteroatoms. The summed E-state index contributed by atoms with van der Waals surface area (Å²) in [6, 6.07) is 13.9. The zero-order valence-electron chi connectivity index (χ0n) is 14.3. The van der Waals surface area contributed by atoms with Gasteiger partial charge in [0, 0.05) is 10.9 Å². The molecule has 2 aromatic carbocycles. The van der Waals surface area contributed by atoms with Crippen molar-refractivity contribution in [3.05, 3.63) is 59.0 Å². The Kier molecular flexibility index (Phi) is 5.30. The summed E-state index contributed by atoms with van der Waals surface area (Å²) in [4.78, 5) is 4.56. The van der Waals surface area contributed by atoms with E-state index >= 15 is 0 Å². The van der Waals surface area contributed by atoms with Gasteiger partial charge in [0.15, 0.2) is 11.5 Å². The van der Waals surface area contributed by atoms with Crippen LogP contribution in [0.1, 0.15) is 11.1 Å². The van der Waals surface area contributed by atoms with Crippen molar-refractivity contribution in [2.75, 3.05) is 19.6 Å². The fourth-order valence-electron chi connectivity index (χ4n) is 2.37. The van der Waals surface area contributed by atoms with Crippen molar-refractivity contribution >= 4 is 22.7 Å². The maximum Gasteiger partial charge on any atom is 0.203 e. The SMILES string of the molecule is COc1ccc(-c2csc(N/N=C\c3cccc(C)c3)n2)cc1OC. The highest BCUT2D eigenvalue weighted by Gasteiger charge is 2.09. The van der Waals surface area contributed by atoms with E-state index in [0.29, 0.717) is 11.5 Å². The van der Waals surface area contributed by atoms with Crippen LogP contribution in [0, 0.1) is 6.92 Å². The quantitative estimate of drug-likeness (QED) is 0.520.